The summed E-state index contributed by atoms with van der Waals surface area (Å²) in [6.07, 6.45) is 0. The van der Waals surface area contributed by atoms with E-state index in [1.54, 1.807) is 21.3 Å². The van der Waals surface area contributed by atoms with Gasteiger partial charge in [0.2, 0.25) is 11.7 Å². The summed E-state index contributed by atoms with van der Waals surface area (Å²) < 4.78 is 16.1. The number of halogens is 1. The number of hydrogen-bond donors (Lipinski definition) is 3. The molecular formula is C19H24ClN5O3. The molecule has 0 aliphatic rings. The Morgan fingerprint density at radius 2 is 1.61 bits per heavy atom. The van der Waals surface area contributed by atoms with Gasteiger partial charge >= 0.3 is 0 Å². The molecule has 0 saturated carbocycles. The molecule has 28 heavy (non-hydrogen) atoms. The maximum atomic E-state index is 6.04. The molecule has 1 heterocycles. The van der Waals surface area contributed by atoms with Crippen molar-refractivity contribution in [3.05, 3.63) is 35.4 Å². The van der Waals surface area contributed by atoms with Gasteiger partial charge in [-0.2, -0.15) is 4.98 Å². The van der Waals surface area contributed by atoms with Crippen LogP contribution in [0, 0.1) is 6.92 Å². The number of benzene rings is 2. The van der Waals surface area contributed by atoms with Crippen LogP contribution in [0.5, 0.6) is 17.2 Å². The second-order valence-electron chi connectivity index (χ2n) is 5.98. The lowest BCUT2D eigenvalue weighted by molar-refractivity contribution is 0.324. The summed E-state index contributed by atoms with van der Waals surface area (Å²) >= 11 is 0. The van der Waals surface area contributed by atoms with Crippen LogP contribution in [0.1, 0.15) is 11.1 Å². The lowest BCUT2D eigenvalue weighted by Gasteiger charge is -2.16. The number of aryl methyl sites for hydroxylation is 1. The number of fused-ring (bicyclic) bond motifs is 1. The molecule has 8 nitrogen and oxygen atoms in total. The third kappa shape index (κ3) is 3.91. The summed E-state index contributed by atoms with van der Waals surface area (Å²) in [6, 6.07) is 7.60. The highest BCUT2D eigenvalue weighted by molar-refractivity contribution is 5.92. The molecule has 0 unspecified atom stereocenters. The molecule has 0 amide bonds. The molecule has 0 radical (unpaired) electrons. The van der Waals surface area contributed by atoms with E-state index >= 15 is 0 Å². The van der Waals surface area contributed by atoms with Crippen LogP contribution in [-0.2, 0) is 6.54 Å². The summed E-state index contributed by atoms with van der Waals surface area (Å²) in [5, 5.41) is 4.19. The van der Waals surface area contributed by atoms with Crippen LogP contribution < -0.4 is 31.0 Å². The second kappa shape index (κ2) is 8.71. The number of hydrogen-bond acceptors (Lipinski definition) is 8. The Morgan fingerprint density at radius 1 is 0.964 bits per heavy atom. The van der Waals surface area contributed by atoms with Crippen LogP contribution in [0.3, 0.4) is 0 Å². The zero-order chi connectivity index (χ0) is 19.6. The standard InChI is InChI=1S/C19H23N5O3.ClH/c1-10-11(5-6-13-16(10)18(20)24-19(21)23-13)9-22-12-7-14(25-2)17(27-4)15(8-12)26-3;/h5-8,22H,9H2,1-4H3,(H4,20,21,23,24);1H. The van der Waals surface area contributed by atoms with E-state index in [9.17, 15) is 0 Å². The summed E-state index contributed by atoms with van der Waals surface area (Å²) in [6.45, 7) is 2.56. The molecule has 3 aromatic rings. The summed E-state index contributed by atoms with van der Waals surface area (Å²) in [5.74, 6) is 2.27. The van der Waals surface area contributed by atoms with Crippen molar-refractivity contribution in [1.29, 1.82) is 0 Å². The molecule has 150 valence electrons. The molecule has 5 N–H and O–H groups in total. The van der Waals surface area contributed by atoms with Gasteiger partial charge in [-0.05, 0) is 24.1 Å². The number of methoxy groups -OCH3 is 3. The highest BCUT2D eigenvalue weighted by atomic mass is 35.5. The highest BCUT2D eigenvalue weighted by Crippen LogP contribution is 2.40. The zero-order valence-electron chi connectivity index (χ0n) is 16.2. The van der Waals surface area contributed by atoms with Gasteiger partial charge in [-0.25, -0.2) is 4.98 Å². The number of nitrogens with two attached hydrogens (primary N) is 2. The first-order chi connectivity index (χ1) is 13.0. The first-order valence-corrected chi connectivity index (χ1v) is 8.33. The van der Waals surface area contributed by atoms with E-state index in [1.807, 2.05) is 31.2 Å². The van der Waals surface area contributed by atoms with Crippen LogP contribution in [0.15, 0.2) is 24.3 Å². The Morgan fingerprint density at radius 3 is 2.18 bits per heavy atom. The highest BCUT2D eigenvalue weighted by Gasteiger charge is 2.14. The average Bonchev–Trinajstić information content (AvgIpc) is 2.65. The third-order valence-electron chi connectivity index (χ3n) is 4.43. The molecule has 0 saturated heterocycles. The SMILES string of the molecule is COc1cc(NCc2ccc3nc(N)nc(N)c3c2C)cc(OC)c1OC.Cl. The Labute approximate surface area is 169 Å². The summed E-state index contributed by atoms with van der Waals surface area (Å²) in [7, 11) is 4.75. The lowest BCUT2D eigenvalue weighted by atomic mass is 10.0. The number of nitrogens with zero attached hydrogens (tertiary/aromatic N) is 2. The minimum atomic E-state index is 0. The number of nitrogens with one attached hydrogen (secondary N) is 1. The van der Waals surface area contributed by atoms with Crippen LogP contribution in [0.2, 0.25) is 0 Å². The number of anilines is 3. The van der Waals surface area contributed by atoms with E-state index in [0.717, 1.165) is 27.7 Å². The maximum Gasteiger partial charge on any atom is 0.222 e. The van der Waals surface area contributed by atoms with E-state index < -0.39 is 0 Å². The predicted molar refractivity (Wildman–Crippen MR) is 114 cm³/mol. The first kappa shape index (κ1) is 21.2. The molecule has 0 atom stereocenters. The minimum absolute atomic E-state index is 0. The fourth-order valence-corrected chi connectivity index (χ4v) is 3.06. The molecule has 0 bridgehead atoms. The van der Waals surface area contributed by atoms with Crippen LogP contribution in [-0.4, -0.2) is 31.3 Å². The summed E-state index contributed by atoms with van der Waals surface area (Å²) in [5.41, 5.74) is 15.4. The molecule has 0 aliphatic heterocycles. The number of nitrogen functional groups attached to an aromatic ring is 2. The van der Waals surface area contributed by atoms with Crippen molar-refractivity contribution >= 4 is 40.8 Å². The van der Waals surface area contributed by atoms with Crippen molar-refractivity contribution in [3.63, 3.8) is 0 Å². The Kier molecular flexibility index (Phi) is 6.58. The number of ether oxygens (including phenoxy) is 3. The molecule has 3 rings (SSSR count). The molecule has 0 aliphatic carbocycles. The molecule has 0 fully saturated rings. The Hall–Kier alpha value is -3.13. The van der Waals surface area contributed by atoms with Gasteiger partial charge in [0.05, 0.1) is 26.8 Å². The summed E-state index contributed by atoms with van der Waals surface area (Å²) in [4.78, 5) is 8.30. The predicted octanol–water partition coefficient (Wildman–Crippen LogP) is 3.16. The molecule has 9 heteroatoms. The molecule has 0 spiro atoms. The third-order valence-corrected chi connectivity index (χ3v) is 4.43. The van der Waals surface area contributed by atoms with Gasteiger partial charge in [0.15, 0.2) is 11.5 Å². The number of rotatable bonds is 6. The topological polar surface area (TPSA) is 118 Å². The van der Waals surface area contributed by atoms with Gasteiger partial charge < -0.3 is 31.0 Å². The maximum absolute atomic E-state index is 6.04. The fraction of sp³-hybridized carbons (Fsp3) is 0.263. The van der Waals surface area contributed by atoms with Gasteiger partial charge in [-0.15, -0.1) is 12.4 Å². The van der Waals surface area contributed by atoms with Crippen LogP contribution >= 0.6 is 12.4 Å². The molecular weight excluding hydrogens is 382 g/mol. The van der Waals surface area contributed by atoms with E-state index in [2.05, 4.69) is 15.3 Å². The average molecular weight is 406 g/mol. The molecule has 1 aromatic heterocycles. The fourth-order valence-electron chi connectivity index (χ4n) is 3.06. The zero-order valence-corrected chi connectivity index (χ0v) is 17.0. The molecule has 2 aromatic carbocycles. The van der Waals surface area contributed by atoms with E-state index in [-0.39, 0.29) is 18.4 Å². The largest absolute Gasteiger partial charge is 0.493 e. The smallest absolute Gasteiger partial charge is 0.222 e. The van der Waals surface area contributed by atoms with Gasteiger partial charge in [-0.1, -0.05) is 6.07 Å². The van der Waals surface area contributed by atoms with Gasteiger partial charge in [0.1, 0.15) is 5.82 Å². The van der Waals surface area contributed by atoms with Crippen LogP contribution in [0.4, 0.5) is 17.5 Å². The van der Waals surface area contributed by atoms with E-state index in [0.29, 0.717) is 29.6 Å². The van der Waals surface area contributed by atoms with Crippen molar-refractivity contribution in [2.45, 2.75) is 13.5 Å². The van der Waals surface area contributed by atoms with Gasteiger partial charge in [0, 0.05) is 29.8 Å². The van der Waals surface area contributed by atoms with Crippen molar-refractivity contribution < 1.29 is 14.2 Å². The first-order valence-electron chi connectivity index (χ1n) is 8.33. The van der Waals surface area contributed by atoms with Crippen molar-refractivity contribution in [2.24, 2.45) is 0 Å². The van der Waals surface area contributed by atoms with E-state index in [4.69, 9.17) is 25.7 Å². The van der Waals surface area contributed by atoms with Crippen molar-refractivity contribution in [2.75, 3.05) is 38.1 Å². The van der Waals surface area contributed by atoms with Crippen molar-refractivity contribution in [1.82, 2.24) is 9.97 Å². The van der Waals surface area contributed by atoms with Gasteiger partial charge in [-0.3, -0.25) is 0 Å². The Bertz CT molecular complexity index is 972. The minimum Gasteiger partial charge on any atom is -0.493 e. The van der Waals surface area contributed by atoms with Crippen molar-refractivity contribution in [3.8, 4) is 17.2 Å². The second-order valence-corrected chi connectivity index (χ2v) is 5.98. The normalized spacial score (nSPS) is 10.3. The quantitative estimate of drug-likeness (QED) is 0.572. The van der Waals surface area contributed by atoms with Crippen LogP contribution in [0.25, 0.3) is 10.9 Å². The Balaban J connectivity index is 0.00000280. The lowest BCUT2D eigenvalue weighted by Crippen LogP contribution is -2.06. The number of aromatic nitrogens is 2. The van der Waals surface area contributed by atoms with Gasteiger partial charge in [0.25, 0.3) is 0 Å². The van der Waals surface area contributed by atoms with E-state index in [1.165, 1.54) is 0 Å². The monoisotopic (exact) mass is 405 g/mol.